The van der Waals surface area contributed by atoms with Gasteiger partial charge in [0.15, 0.2) is 0 Å². The van der Waals surface area contributed by atoms with Gasteiger partial charge in [-0.3, -0.25) is 4.79 Å². The summed E-state index contributed by atoms with van der Waals surface area (Å²) in [7, 11) is 1.56. The van der Waals surface area contributed by atoms with Crippen molar-refractivity contribution in [3.05, 3.63) is 95.8 Å². The number of nitriles is 1. The Morgan fingerprint density at radius 1 is 1.06 bits per heavy atom. The normalized spacial score (nSPS) is 11.5. The van der Waals surface area contributed by atoms with Crippen molar-refractivity contribution in [3.63, 3.8) is 0 Å². The highest BCUT2D eigenvalue weighted by atomic mass is 16.5. The van der Waals surface area contributed by atoms with E-state index in [4.69, 9.17) is 4.74 Å². The molecule has 1 unspecified atom stereocenters. The summed E-state index contributed by atoms with van der Waals surface area (Å²) < 4.78 is 5.38. The van der Waals surface area contributed by atoms with Crippen LogP contribution < -0.4 is 10.1 Å². The van der Waals surface area contributed by atoms with Crippen molar-refractivity contribution in [2.75, 3.05) is 13.7 Å². The second kappa shape index (κ2) is 9.29. The van der Waals surface area contributed by atoms with E-state index in [0.29, 0.717) is 27.6 Å². The molecule has 0 fully saturated rings. The van der Waals surface area contributed by atoms with Crippen LogP contribution in [0.2, 0.25) is 0 Å². The topological polar surface area (TPSA) is 95.2 Å². The molecule has 6 heteroatoms. The van der Waals surface area contributed by atoms with Gasteiger partial charge in [-0.25, -0.2) is 4.98 Å². The lowest BCUT2D eigenvalue weighted by molar-refractivity contribution is 0.0913. The van der Waals surface area contributed by atoms with Crippen molar-refractivity contribution < 1.29 is 14.6 Å². The lowest BCUT2D eigenvalue weighted by atomic mass is 9.95. The molecule has 4 aromatic rings. The van der Waals surface area contributed by atoms with Crippen molar-refractivity contribution in [1.29, 1.82) is 5.26 Å². The Bertz CT molecular complexity index is 1300. The number of fused-ring (bicyclic) bond motifs is 1. The molecule has 1 amide bonds. The first-order valence-corrected chi connectivity index (χ1v) is 10.1. The average Bonchev–Trinajstić information content (AvgIpc) is 2.86. The molecule has 0 saturated carbocycles. The van der Waals surface area contributed by atoms with E-state index in [0.717, 1.165) is 5.56 Å². The van der Waals surface area contributed by atoms with Crippen LogP contribution in [-0.2, 0) is 0 Å². The van der Waals surface area contributed by atoms with E-state index in [-0.39, 0.29) is 17.9 Å². The number of ether oxygens (including phenoxy) is 1. The third-order valence-electron chi connectivity index (χ3n) is 5.24. The van der Waals surface area contributed by atoms with Crippen LogP contribution in [0.15, 0.2) is 78.9 Å². The fraction of sp³-hybridized carbons (Fsp3) is 0.115. The van der Waals surface area contributed by atoms with Crippen LogP contribution in [0, 0.1) is 11.3 Å². The van der Waals surface area contributed by atoms with Crippen LogP contribution >= 0.6 is 0 Å². The van der Waals surface area contributed by atoms with Gasteiger partial charge in [0.25, 0.3) is 5.91 Å². The van der Waals surface area contributed by atoms with Gasteiger partial charge in [-0.2, -0.15) is 5.26 Å². The molecule has 0 saturated heterocycles. The number of aromatic nitrogens is 1. The number of rotatable bonds is 6. The molecule has 32 heavy (non-hydrogen) atoms. The number of nitrogens with one attached hydrogen (secondary N) is 1. The van der Waals surface area contributed by atoms with Gasteiger partial charge in [-0.1, -0.05) is 60.7 Å². The molecule has 0 radical (unpaired) electrons. The van der Waals surface area contributed by atoms with Crippen molar-refractivity contribution >= 4 is 16.7 Å². The minimum Gasteiger partial charge on any atom is -0.497 e. The number of pyridine rings is 1. The monoisotopic (exact) mass is 423 g/mol. The highest BCUT2D eigenvalue weighted by Gasteiger charge is 2.21. The number of hydrogen-bond acceptors (Lipinski definition) is 5. The van der Waals surface area contributed by atoms with Crippen LogP contribution in [0.3, 0.4) is 0 Å². The Morgan fingerprint density at radius 3 is 2.41 bits per heavy atom. The number of hydrogen-bond donors (Lipinski definition) is 2. The first kappa shape index (κ1) is 21.0. The second-order valence-electron chi connectivity index (χ2n) is 7.21. The number of aliphatic hydroxyl groups is 1. The van der Waals surface area contributed by atoms with Crippen LogP contribution in [0.1, 0.15) is 27.8 Å². The molecule has 4 rings (SSSR count). The van der Waals surface area contributed by atoms with Crippen LogP contribution in [0.5, 0.6) is 5.75 Å². The fourth-order valence-electron chi connectivity index (χ4n) is 3.64. The van der Waals surface area contributed by atoms with Crippen molar-refractivity contribution in [2.24, 2.45) is 0 Å². The minimum absolute atomic E-state index is 0.0184. The van der Waals surface area contributed by atoms with Gasteiger partial charge in [0.05, 0.1) is 13.2 Å². The third kappa shape index (κ3) is 4.15. The zero-order chi connectivity index (χ0) is 22.5. The van der Waals surface area contributed by atoms with Gasteiger partial charge >= 0.3 is 0 Å². The van der Waals surface area contributed by atoms with Gasteiger partial charge in [-0.15, -0.1) is 0 Å². The largest absolute Gasteiger partial charge is 0.497 e. The molecule has 6 nitrogen and oxygen atoms in total. The Kier molecular flexibility index (Phi) is 6.11. The van der Waals surface area contributed by atoms with E-state index in [2.05, 4.69) is 16.4 Å². The molecule has 3 aromatic carbocycles. The van der Waals surface area contributed by atoms with E-state index < -0.39 is 12.0 Å². The predicted molar refractivity (Wildman–Crippen MR) is 122 cm³/mol. The van der Waals surface area contributed by atoms with Crippen molar-refractivity contribution in [3.8, 4) is 22.9 Å². The number of benzene rings is 3. The van der Waals surface area contributed by atoms with Crippen molar-refractivity contribution in [1.82, 2.24) is 10.3 Å². The molecular weight excluding hydrogens is 402 g/mol. The first-order valence-electron chi connectivity index (χ1n) is 10.1. The lowest BCUT2D eigenvalue weighted by Crippen LogP contribution is -2.29. The first-order chi connectivity index (χ1) is 15.6. The van der Waals surface area contributed by atoms with Crippen LogP contribution in [0.4, 0.5) is 0 Å². The highest BCUT2D eigenvalue weighted by molar-refractivity contribution is 6.10. The number of aliphatic hydroxyl groups excluding tert-OH is 1. The summed E-state index contributed by atoms with van der Waals surface area (Å²) in [5.41, 5.74) is 2.43. The summed E-state index contributed by atoms with van der Waals surface area (Å²) >= 11 is 0. The van der Waals surface area contributed by atoms with Gasteiger partial charge in [0.1, 0.15) is 23.2 Å². The Morgan fingerprint density at radius 2 is 1.75 bits per heavy atom. The number of carbonyl (C=O) groups excluding carboxylic acids is 1. The summed E-state index contributed by atoms with van der Waals surface area (Å²) in [6.07, 6.45) is -0.856. The Labute approximate surface area is 185 Å². The van der Waals surface area contributed by atoms with Gasteiger partial charge in [-0.05, 0) is 34.7 Å². The van der Waals surface area contributed by atoms with E-state index in [1.54, 1.807) is 37.4 Å². The van der Waals surface area contributed by atoms with E-state index >= 15 is 0 Å². The zero-order valence-corrected chi connectivity index (χ0v) is 17.4. The Balaban J connectivity index is 1.77. The molecule has 0 aliphatic carbocycles. The molecular formula is C26H21N3O3. The summed E-state index contributed by atoms with van der Waals surface area (Å²) in [5, 5.41) is 24.2. The quantitative estimate of drug-likeness (QED) is 0.484. The second-order valence-corrected chi connectivity index (χ2v) is 7.21. The van der Waals surface area contributed by atoms with Crippen molar-refractivity contribution in [2.45, 2.75) is 6.10 Å². The summed E-state index contributed by atoms with van der Waals surface area (Å²) in [4.78, 5) is 17.4. The lowest BCUT2D eigenvalue weighted by Gasteiger charge is -2.15. The maximum atomic E-state index is 13.0. The minimum atomic E-state index is -0.856. The maximum absolute atomic E-state index is 13.0. The third-order valence-corrected chi connectivity index (χ3v) is 5.24. The summed E-state index contributed by atoms with van der Waals surface area (Å²) in [5.74, 6) is 0.141. The Hall–Kier alpha value is -4.21. The number of carbonyl (C=O) groups is 1. The van der Waals surface area contributed by atoms with E-state index in [1.165, 1.54) is 0 Å². The van der Waals surface area contributed by atoms with Gasteiger partial charge in [0.2, 0.25) is 0 Å². The van der Waals surface area contributed by atoms with Crippen LogP contribution in [-0.4, -0.2) is 29.7 Å². The summed E-state index contributed by atoms with van der Waals surface area (Å²) in [6, 6.07) is 26.0. The molecule has 1 atom stereocenters. The molecule has 0 aliphatic rings. The molecule has 1 heterocycles. The summed E-state index contributed by atoms with van der Waals surface area (Å²) in [6.45, 7) is 0.0184. The highest BCUT2D eigenvalue weighted by Crippen LogP contribution is 2.34. The molecule has 2 N–H and O–H groups in total. The maximum Gasteiger partial charge on any atom is 0.270 e. The standard InChI is InChI=1S/C26H21N3O3/c1-32-19-12-13-20-21(14-19)24(18-10-6-3-7-11-18)22(15-27)29-25(20)26(31)28-16-23(30)17-8-4-2-5-9-17/h2-14,23,30H,16H2,1H3,(H,28,31). The molecule has 0 aliphatic heterocycles. The molecule has 0 spiro atoms. The smallest absolute Gasteiger partial charge is 0.270 e. The van der Waals surface area contributed by atoms with Gasteiger partial charge in [0, 0.05) is 17.5 Å². The number of nitrogens with zero attached hydrogens (tertiary/aromatic N) is 2. The van der Waals surface area contributed by atoms with Gasteiger partial charge < -0.3 is 15.2 Å². The molecule has 1 aromatic heterocycles. The van der Waals surface area contributed by atoms with E-state index in [9.17, 15) is 15.2 Å². The zero-order valence-electron chi connectivity index (χ0n) is 17.4. The fourth-order valence-corrected chi connectivity index (χ4v) is 3.64. The number of methoxy groups -OCH3 is 1. The molecule has 0 bridgehead atoms. The predicted octanol–water partition coefficient (Wildman–Crippen LogP) is 4.25. The SMILES string of the molecule is COc1ccc2c(C(=O)NCC(O)c3ccccc3)nc(C#N)c(-c3ccccc3)c2c1. The van der Waals surface area contributed by atoms with Crippen LogP contribution in [0.25, 0.3) is 21.9 Å². The average molecular weight is 423 g/mol. The van der Waals surface area contributed by atoms with E-state index in [1.807, 2.05) is 48.5 Å². The number of amides is 1. The molecule has 158 valence electrons.